The Kier molecular flexibility index (Phi) is 14.5. The van der Waals surface area contributed by atoms with E-state index in [0.29, 0.717) is 6.42 Å². The third-order valence-electron chi connectivity index (χ3n) is 6.73. The van der Waals surface area contributed by atoms with Crippen LogP contribution in [0.4, 0.5) is 4.79 Å². The number of nitrogens with one attached hydrogen (secondary N) is 2. The molecule has 3 amide bonds. The number of phenols is 1. The van der Waals surface area contributed by atoms with Gasteiger partial charge in [0.1, 0.15) is 30.0 Å². The summed E-state index contributed by atoms with van der Waals surface area (Å²) in [4.78, 5) is 54.3. The average molecular weight is 598 g/mol. The molecule has 10 nitrogen and oxygen atoms in total. The molecule has 0 aliphatic rings. The number of unbranched alkanes of at least 4 members (excludes halogenated alkanes) is 5. The van der Waals surface area contributed by atoms with Crippen LogP contribution >= 0.6 is 0 Å². The molecule has 0 spiro atoms. The molecule has 43 heavy (non-hydrogen) atoms. The topological polar surface area (TPSA) is 134 Å². The SMILES string of the molecule is CCCCCCCCN(C(=O)C(Cc1ccccc1)NC(=O)OC(C)(C)C)C(C(=O)NCC(=O)OC)c1ccccc1O. The van der Waals surface area contributed by atoms with Crippen LogP contribution in [0.15, 0.2) is 54.6 Å². The Morgan fingerprint density at radius 3 is 2.16 bits per heavy atom. The van der Waals surface area contributed by atoms with E-state index in [0.717, 1.165) is 37.7 Å². The lowest BCUT2D eigenvalue weighted by atomic mass is 9.99. The first-order valence-corrected chi connectivity index (χ1v) is 14.9. The molecule has 0 saturated carbocycles. The molecular weight excluding hydrogens is 550 g/mol. The van der Waals surface area contributed by atoms with E-state index in [2.05, 4.69) is 22.3 Å². The summed E-state index contributed by atoms with van der Waals surface area (Å²) < 4.78 is 10.1. The normalized spacial score (nSPS) is 12.5. The molecule has 236 valence electrons. The maximum Gasteiger partial charge on any atom is 0.408 e. The summed E-state index contributed by atoms with van der Waals surface area (Å²) in [7, 11) is 1.21. The summed E-state index contributed by atoms with van der Waals surface area (Å²) >= 11 is 0. The zero-order valence-corrected chi connectivity index (χ0v) is 26.1. The molecule has 2 aromatic rings. The molecule has 3 N–H and O–H groups in total. The smallest absolute Gasteiger partial charge is 0.408 e. The molecule has 0 aliphatic carbocycles. The minimum atomic E-state index is -1.28. The highest BCUT2D eigenvalue weighted by atomic mass is 16.6. The number of nitrogens with zero attached hydrogens (tertiary/aromatic N) is 1. The van der Waals surface area contributed by atoms with Gasteiger partial charge in [-0.3, -0.25) is 14.4 Å². The molecule has 0 radical (unpaired) electrons. The number of carbonyl (C=O) groups excluding carboxylic acids is 4. The summed E-state index contributed by atoms with van der Waals surface area (Å²) in [5.74, 6) is -2.03. The fourth-order valence-electron chi connectivity index (χ4n) is 4.63. The number of hydrogen-bond acceptors (Lipinski definition) is 7. The van der Waals surface area contributed by atoms with Crippen LogP contribution in [0.2, 0.25) is 0 Å². The molecule has 2 aromatic carbocycles. The van der Waals surface area contributed by atoms with Gasteiger partial charge in [0.2, 0.25) is 11.8 Å². The van der Waals surface area contributed by atoms with Crippen molar-refractivity contribution in [2.45, 2.75) is 90.3 Å². The number of rotatable bonds is 16. The Hall–Kier alpha value is -4.08. The fourth-order valence-corrected chi connectivity index (χ4v) is 4.63. The first kappa shape index (κ1) is 35.1. The Bertz CT molecular complexity index is 1180. The Morgan fingerprint density at radius 2 is 1.53 bits per heavy atom. The van der Waals surface area contributed by atoms with Crippen molar-refractivity contribution in [3.05, 3.63) is 65.7 Å². The van der Waals surface area contributed by atoms with Gasteiger partial charge in [-0.05, 0) is 38.8 Å². The number of carbonyl (C=O) groups is 4. The molecule has 0 fully saturated rings. The van der Waals surface area contributed by atoms with E-state index in [-0.39, 0.29) is 24.3 Å². The lowest BCUT2D eigenvalue weighted by Crippen LogP contribution is -2.54. The van der Waals surface area contributed by atoms with E-state index in [1.807, 2.05) is 30.3 Å². The van der Waals surface area contributed by atoms with Gasteiger partial charge in [-0.2, -0.15) is 0 Å². The monoisotopic (exact) mass is 597 g/mol. The number of methoxy groups -OCH3 is 1. The number of aromatic hydroxyl groups is 1. The first-order valence-electron chi connectivity index (χ1n) is 14.9. The van der Waals surface area contributed by atoms with E-state index in [4.69, 9.17) is 4.74 Å². The Morgan fingerprint density at radius 1 is 0.907 bits per heavy atom. The number of alkyl carbamates (subject to hydrolysis) is 1. The summed E-state index contributed by atoms with van der Waals surface area (Å²) in [6.07, 6.45) is 5.02. The predicted molar refractivity (Wildman–Crippen MR) is 164 cm³/mol. The minimum absolute atomic E-state index is 0.142. The highest BCUT2D eigenvalue weighted by molar-refractivity contribution is 5.93. The number of esters is 1. The van der Waals surface area contributed by atoms with E-state index in [9.17, 15) is 24.3 Å². The first-order chi connectivity index (χ1) is 20.5. The minimum Gasteiger partial charge on any atom is -0.508 e. The molecule has 0 aromatic heterocycles. The zero-order chi connectivity index (χ0) is 31.8. The zero-order valence-electron chi connectivity index (χ0n) is 26.1. The van der Waals surface area contributed by atoms with Crippen LogP contribution in [0.5, 0.6) is 5.75 Å². The van der Waals surface area contributed by atoms with Crippen molar-refractivity contribution in [2.24, 2.45) is 0 Å². The highest BCUT2D eigenvalue weighted by Crippen LogP contribution is 2.30. The van der Waals surface area contributed by atoms with Crippen molar-refractivity contribution in [3.63, 3.8) is 0 Å². The van der Waals surface area contributed by atoms with Gasteiger partial charge < -0.3 is 30.1 Å². The van der Waals surface area contributed by atoms with Gasteiger partial charge in [-0.1, -0.05) is 87.6 Å². The van der Waals surface area contributed by atoms with Gasteiger partial charge in [-0.25, -0.2) is 4.79 Å². The summed E-state index contributed by atoms with van der Waals surface area (Å²) in [5, 5.41) is 16.1. The van der Waals surface area contributed by atoms with Gasteiger partial charge in [-0.15, -0.1) is 0 Å². The maximum atomic E-state index is 14.4. The van der Waals surface area contributed by atoms with Gasteiger partial charge in [0.15, 0.2) is 0 Å². The van der Waals surface area contributed by atoms with Crippen LogP contribution in [0.3, 0.4) is 0 Å². The summed E-state index contributed by atoms with van der Waals surface area (Å²) in [5.41, 5.74) is 0.194. The quantitative estimate of drug-likeness (QED) is 0.182. The van der Waals surface area contributed by atoms with Crippen molar-refractivity contribution >= 4 is 23.9 Å². The number of ether oxygens (including phenoxy) is 2. The Labute approximate surface area is 255 Å². The van der Waals surface area contributed by atoms with Gasteiger partial charge in [0, 0.05) is 18.5 Å². The van der Waals surface area contributed by atoms with Crippen molar-refractivity contribution in [3.8, 4) is 5.75 Å². The summed E-state index contributed by atoms with van der Waals surface area (Å²) in [6, 6.07) is 13.1. The van der Waals surface area contributed by atoms with Gasteiger partial charge >= 0.3 is 12.1 Å². The van der Waals surface area contributed by atoms with Crippen LogP contribution in [0, 0.1) is 0 Å². The van der Waals surface area contributed by atoms with E-state index in [1.165, 1.54) is 18.1 Å². The van der Waals surface area contributed by atoms with Crippen molar-refractivity contribution in [2.75, 3.05) is 20.2 Å². The second kappa shape index (κ2) is 17.8. The standard InChI is InChI=1S/C33H47N3O7/c1-6-7-8-9-10-16-21-36(29(25-19-14-15-20-27(25)37)30(39)34-23-28(38)42-5)31(40)26(22-24-17-12-11-13-18-24)35-32(41)43-33(2,3)4/h11-15,17-20,26,29,37H,6-10,16,21-23H2,1-5H3,(H,34,39)(H,35,41). The number of amides is 3. The van der Waals surface area contributed by atoms with Gasteiger partial charge in [0.25, 0.3) is 0 Å². The molecule has 0 aliphatic heterocycles. The lowest BCUT2D eigenvalue weighted by molar-refractivity contribution is -0.144. The van der Waals surface area contributed by atoms with Crippen LogP contribution in [0.1, 0.15) is 83.4 Å². The lowest BCUT2D eigenvalue weighted by Gasteiger charge is -2.35. The molecule has 2 rings (SSSR count). The maximum absolute atomic E-state index is 14.4. The van der Waals surface area contributed by atoms with Gasteiger partial charge in [0.05, 0.1) is 7.11 Å². The Balaban J connectivity index is 2.53. The fraction of sp³-hybridized carbons (Fsp3) is 0.515. The molecule has 2 unspecified atom stereocenters. The molecular formula is C33H47N3O7. The molecule has 0 bridgehead atoms. The summed E-state index contributed by atoms with van der Waals surface area (Å²) in [6.45, 7) is 7.08. The highest BCUT2D eigenvalue weighted by Gasteiger charge is 2.37. The second-order valence-corrected chi connectivity index (χ2v) is 11.4. The third kappa shape index (κ3) is 12.4. The average Bonchev–Trinajstić information content (AvgIpc) is 2.96. The van der Waals surface area contributed by atoms with Crippen LogP contribution < -0.4 is 10.6 Å². The van der Waals surface area contributed by atoms with E-state index < -0.39 is 48.1 Å². The number of benzene rings is 2. The van der Waals surface area contributed by atoms with Crippen molar-refractivity contribution in [1.82, 2.24) is 15.5 Å². The van der Waals surface area contributed by atoms with Crippen LogP contribution in [-0.4, -0.2) is 65.7 Å². The van der Waals surface area contributed by atoms with Crippen molar-refractivity contribution < 1.29 is 33.8 Å². The number of hydrogen-bond donors (Lipinski definition) is 3. The number of para-hydroxylation sites is 1. The molecule has 0 saturated heterocycles. The van der Waals surface area contributed by atoms with E-state index in [1.54, 1.807) is 39.0 Å². The number of phenolic OH excluding ortho intramolecular Hbond substituents is 1. The predicted octanol–water partition coefficient (Wildman–Crippen LogP) is 5.05. The van der Waals surface area contributed by atoms with Crippen molar-refractivity contribution in [1.29, 1.82) is 0 Å². The molecule has 10 heteroatoms. The van der Waals surface area contributed by atoms with E-state index >= 15 is 0 Å². The van der Waals surface area contributed by atoms with Crippen LogP contribution in [-0.2, 0) is 30.3 Å². The molecule has 2 atom stereocenters. The largest absolute Gasteiger partial charge is 0.508 e. The molecule has 0 heterocycles. The third-order valence-corrected chi connectivity index (χ3v) is 6.73. The van der Waals surface area contributed by atoms with Crippen LogP contribution in [0.25, 0.3) is 0 Å². The second-order valence-electron chi connectivity index (χ2n) is 11.4.